The van der Waals surface area contributed by atoms with Gasteiger partial charge in [-0.15, -0.1) is 0 Å². The molecule has 0 radical (unpaired) electrons. The molecule has 4 nitrogen and oxygen atoms in total. The molecule has 0 aliphatic carbocycles. The summed E-state index contributed by atoms with van der Waals surface area (Å²) in [6.07, 6.45) is 0.429. The second-order valence-corrected chi connectivity index (χ2v) is 6.78. The fourth-order valence-corrected chi connectivity index (χ4v) is 2.51. The van der Waals surface area contributed by atoms with Crippen molar-refractivity contribution in [3.05, 3.63) is 48.0 Å². The first kappa shape index (κ1) is 17.0. The molecule has 0 bridgehead atoms. The Labute approximate surface area is 136 Å². The molecule has 0 heterocycles. The lowest BCUT2D eigenvalue weighted by atomic mass is 9.94. The average Bonchev–Trinajstić information content (AvgIpc) is 2.44. The van der Waals surface area contributed by atoms with Crippen molar-refractivity contribution >= 4 is 22.6 Å². The first-order valence-corrected chi connectivity index (χ1v) is 7.73. The lowest BCUT2D eigenvalue weighted by Crippen LogP contribution is -2.31. The fraction of sp³-hybridized carbons (Fsp3) is 0.368. The molecule has 0 saturated heterocycles. The SMILES string of the molecule is CC(C)(C)OC(=O)C[C@@H](Cc1ccc2ccccc2c1)C(N)=O. The van der Waals surface area contributed by atoms with Crippen molar-refractivity contribution in [1.82, 2.24) is 0 Å². The molecule has 122 valence electrons. The summed E-state index contributed by atoms with van der Waals surface area (Å²) in [6, 6.07) is 14.0. The summed E-state index contributed by atoms with van der Waals surface area (Å²) in [7, 11) is 0. The topological polar surface area (TPSA) is 69.4 Å². The molecule has 4 heteroatoms. The van der Waals surface area contributed by atoms with E-state index in [0.29, 0.717) is 6.42 Å². The summed E-state index contributed by atoms with van der Waals surface area (Å²) in [5, 5.41) is 2.24. The number of fused-ring (bicyclic) bond motifs is 1. The molecule has 1 amide bonds. The van der Waals surface area contributed by atoms with E-state index < -0.39 is 23.4 Å². The lowest BCUT2D eigenvalue weighted by molar-refractivity contribution is -0.157. The highest BCUT2D eigenvalue weighted by molar-refractivity contribution is 5.84. The molecule has 0 aliphatic rings. The number of benzene rings is 2. The van der Waals surface area contributed by atoms with E-state index in [0.717, 1.165) is 16.3 Å². The van der Waals surface area contributed by atoms with Crippen LogP contribution in [0.15, 0.2) is 42.5 Å². The van der Waals surface area contributed by atoms with Gasteiger partial charge in [-0.3, -0.25) is 9.59 Å². The van der Waals surface area contributed by atoms with Crippen LogP contribution in [0.1, 0.15) is 32.8 Å². The van der Waals surface area contributed by atoms with Crippen LogP contribution in [0.25, 0.3) is 10.8 Å². The van der Waals surface area contributed by atoms with Crippen molar-refractivity contribution in [2.24, 2.45) is 11.7 Å². The largest absolute Gasteiger partial charge is 0.460 e. The van der Waals surface area contributed by atoms with Crippen molar-refractivity contribution in [2.45, 2.75) is 39.2 Å². The fourth-order valence-electron chi connectivity index (χ4n) is 2.51. The molecular formula is C19H23NO3. The standard InChI is InChI=1S/C19H23NO3/c1-19(2,3)23-17(21)12-16(18(20)22)11-13-8-9-14-6-4-5-7-15(14)10-13/h4-10,16H,11-12H2,1-3H3,(H2,20,22)/t16-/m1/s1. The van der Waals surface area contributed by atoms with Crippen molar-refractivity contribution in [2.75, 3.05) is 0 Å². The second kappa shape index (κ2) is 6.82. The maximum atomic E-state index is 11.9. The molecule has 0 unspecified atom stereocenters. The molecular weight excluding hydrogens is 290 g/mol. The Morgan fingerprint density at radius 2 is 1.74 bits per heavy atom. The number of hydrogen-bond acceptors (Lipinski definition) is 3. The highest BCUT2D eigenvalue weighted by Gasteiger charge is 2.24. The first-order chi connectivity index (χ1) is 10.7. The van der Waals surface area contributed by atoms with Crippen LogP contribution >= 0.6 is 0 Å². The van der Waals surface area contributed by atoms with Gasteiger partial charge >= 0.3 is 5.97 Å². The van der Waals surface area contributed by atoms with Gasteiger partial charge in [-0.2, -0.15) is 0 Å². The molecule has 0 aliphatic heterocycles. The van der Waals surface area contributed by atoms with E-state index in [4.69, 9.17) is 10.5 Å². The molecule has 0 aromatic heterocycles. The Balaban J connectivity index is 2.11. The smallest absolute Gasteiger partial charge is 0.307 e. The van der Waals surface area contributed by atoms with Crippen LogP contribution in [-0.2, 0) is 20.7 Å². The third-order valence-electron chi connectivity index (χ3n) is 3.53. The zero-order valence-corrected chi connectivity index (χ0v) is 13.8. The van der Waals surface area contributed by atoms with Crippen LogP contribution in [0.4, 0.5) is 0 Å². The molecule has 2 aromatic rings. The molecule has 1 atom stereocenters. The monoisotopic (exact) mass is 313 g/mol. The number of amides is 1. The van der Waals surface area contributed by atoms with E-state index in [2.05, 4.69) is 0 Å². The highest BCUT2D eigenvalue weighted by Crippen LogP contribution is 2.20. The van der Waals surface area contributed by atoms with Gasteiger partial charge in [0.2, 0.25) is 5.91 Å². The number of rotatable bonds is 5. The van der Waals surface area contributed by atoms with E-state index in [1.165, 1.54) is 0 Å². The molecule has 0 fully saturated rings. The van der Waals surface area contributed by atoms with E-state index in [-0.39, 0.29) is 6.42 Å². The number of hydrogen-bond donors (Lipinski definition) is 1. The Morgan fingerprint density at radius 3 is 2.35 bits per heavy atom. The van der Waals surface area contributed by atoms with Crippen LogP contribution in [0.2, 0.25) is 0 Å². The Bertz CT molecular complexity index is 716. The number of carbonyl (C=O) groups excluding carboxylic acids is 2. The van der Waals surface area contributed by atoms with Gasteiger partial charge in [0.25, 0.3) is 0 Å². The van der Waals surface area contributed by atoms with E-state index in [1.807, 2.05) is 42.5 Å². The van der Waals surface area contributed by atoms with Gasteiger partial charge in [0.15, 0.2) is 0 Å². The quantitative estimate of drug-likeness (QED) is 0.862. The van der Waals surface area contributed by atoms with Crippen LogP contribution in [0.5, 0.6) is 0 Å². The number of carbonyl (C=O) groups is 2. The van der Waals surface area contributed by atoms with Gasteiger partial charge in [-0.05, 0) is 43.5 Å². The van der Waals surface area contributed by atoms with Crippen molar-refractivity contribution in [1.29, 1.82) is 0 Å². The number of ether oxygens (including phenoxy) is 1. The molecule has 23 heavy (non-hydrogen) atoms. The predicted octanol–water partition coefficient (Wildman–Crippen LogP) is 3.22. The number of esters is 1. The van der Waals surface area contributed by atoms with Crippen LogP contribution in [-0.4, -0.2) is 17.5 Å². The Hall–Kier alpha value is -2.36. The van der Waals surface area contributed by atoms with Gasteiger partial charge in [0.1, 0.15) is 5.60 Å². The molecule has 2 N–H and O–H groups in total. The minimum Gasteiger partial charge on any atom is -0.460 e. The predicted molar refractivity (Wildman–Crippen MR) is 90.8 cm³/mol. The summed E-state index contributed by atoms with van der Waals surface area (Å²) < 4.78 is 5.28. The van der Waals surface area contributed by atoms with E-state index in [1.54, 1.807) is 20.8 Å². The molecule has 0 saturated carbocycles. The van der Waals surface area contributed by atoms with E-state index in [9.17, 15) is 9.59 Å². The normalized spacial score (nSPS) is 12.8. The summed E-state index contributed by atoms with van der Waals surface area (Å²) >= 11 is 0. The summed E-state index contributed by atoms with van der Waals surface area (Å²) in [5.74, 6) is -1.45. The Kier molecular flexibility index (Phi) is 5.04. The summed E-state index contributed by atoms with van der Waals surface area (Å²) in [6.45, 7) is 5.40. The second-order valence-electron chi connectivity index (χ2n) is 6.78. The van der Waals surface area contributed by atoms with E-state index >= 15 is 0 Å². The molecule has 0 spiro atoms. The van der Waals surface area contributed by atoms with Gasteiger partial charge in [-0.25, -0.2) is 0 Å². The van der Waals surface area contributed by atoms with Crippen molar-refractivity contribution in [3.63, 3.8) is 0 Å². The third-order valence-corrected chi connectivity index (χ3v) is 3.53. The Morgan fingerprint density at radius 1 is 1.09 bits per heavy atom. The van der Waals surface area contributed by atoms with Crippen molar-refractivity contribution in [3.8, 4) is 0 Å². The maximum absolute atomic E-state index is 11.9. The van der Waals surface area contributed by atoms with Crippen LogP contribution in [0.3, 0.4) is 0 Å². The highest BCUT2D eigenvalue weighted by atomic mass is 16.6. The molecule has 2 aromatic carbocycles. The summed E-state index contributed by atoms with van der Waals surface area (Å²) in [5.41, 5.74) is 5.88. The summed E-state index contributed by atoms with van der Waals surface area (Å²) in [4.78, 5) is 23.6. The van der Waals surface area contributed by atoms with Gasteiger partial charge in [-0.1, -0.05) is 42.5 Å². The minimum atomic E-state index is -0.567. The zero-order chi connectivity index (χ0) is 17.0. The maximum Gasteiger partial charge on any atom is 0.307 e. The number of primary amides is 1. The lowest BCUT2D eigenvalue weighted by Gasteiger charge is -2.21. The van der Waals surface area contributed by atoms with Gasteiger partial charge < -0.3 is 10.5 Å². The van der Waals surface area contributed by atoms with Crippen LogP contribution in [0, 0.1) is 5.92 Å². The first-order valence-electron chi connectivity index (χ1n) is 7.73. The zero-order valence-electron chi connectivity index (χ0n) is 13.8. The van der Waals surface area contributed by atoms with Gasteiger partial charge in [0.05, 0.1) is 12.3 Å². The minimum absolute atomic E-state index is 0.000565. The van der Waals surface area contributed by atoms with Crippen LogP contribution < -0.4 is 5.73 Å². The van der Waals surface area contributed by atoms with Crippen molar-refractivity contribution < 1.29 is 14.3 Å². The van der Waals surface area contributed by atoms with Gasteiger partial charge in [0, 0.05) is 0 Å². The number of nitrogens with two attached hydrogens (primary N) is 1. The third kappa shape index (κ3) is 5.09. The molecule has 2 rings (SSSR count). The average molecular weight is 313 g/mol.